The van der Waals surface area contributed by atoms with Crippen LogP contribution >= 0.6 is 15.9 Å². The van der Waals surface area contributed by atoms with Crippen molar-refractivity contribution in [3.63, 3.8) is 0 Å². The lowest BCUT2D eigenvalue weighted by Crippen LogP contribution is -2.10. The standard InChI is InChI=1S/C10H11BrN4O/c1-12-6-4-8-14-10(15-16-8)9-7(11)3-2-5-13-9/h2-3,5,12H,4,6H2,1H3. The average Bonchev–Trinajstić information content (AvgIpc) is 2.75. The van der Waals surface area contributed by atoms with E-state index < -0.39 is 0 Å². The Kier molecular flexibility index (Phi) is 3.63. The van der Waals surface area contributed by atoms with Gasteiger partial charge in [0.25, 0.3) is 0 Å². The van der Waals surface area contributed by atoms with Crippen LogP contribution in [0.2, 0.25) is 0 Å². The van der Waals surface area contributed by atoms with E-state index in [-0.39, 0.29) is 0 Å². The van der Waals surface area contributed by atoms with Crippen LogP contribution in [0.1, 0.15) is 5.89 Å². The fourth-order valence-electron chi connectivity index (χ4n) is 1.23. The zero-order valence-electron chi connectivity index (χ0n) is 8.77. The van der Waals surface area contributed by atoms with Crippen molar-refractivity contribution in [1.82, 2.24) is 20.4 Å². The van der Waals surface area contributed by atoms with Crippen LogP contribution in [0.25, 0.3) is 11.5 Å². The third-order valence-electron chi connectivity index (χ3n) is 2.03. The fraction of sp³-hybridized carbons (Fsp3) is 0.300. The predicted octanol–water partition coefficient (Wildman–Crippen LogP) is 1.66. The number of nitrogens with one attached hydrogen (secondary N) is 1. The normalized spacial score (nSPS) is 10.6. The van der Waals surface area contributed by atoms with Gasteiger partial charge in [-0.3, -0.25) is 4.98 Å². The van der Waals surface area contributed by atoms with Crippen molar-refractivity contribution < 1.29 is 4.52 Å². The first-order valence-electron chi connectivity index (χ1n) is 4.89. The van der Waals surface area contributed by atoms with Gasteiger partial charge in [0.15, 0.2) is 0 Å². The highest BCUT2D eigenvalue weighted by Gasteiger charge is 2.11. The number of nitrogens with zero attached hydrogens (tertiary/aromatic N) is 3. The minimum absolute atomic E-state index is 0.513. The van der Waals surface area contributed by atoms with Crippen molar-refractivity contribution in [3.8, 4) is 11.5 Å². The highest BCUT2D eigenvalue weighted by atomic mass is 79.9. The molecule has 2 rings (SSSR count). The van der Waals surface area contributed by atoms with Crippen LogP contribution in [-0.4, -0.2) is 28.7 Å². The summed E-state index contributed by atoms with van der Waals surface area (Å²) in [7, 11) is 1.88. The highest BCUT2D eigenvalue weighted by molar-refractivity contribution is 9.10. The molecule has 0 radical (unpaired) electrons. The van der Waals surface area contributed by atoms with Crippen LogP contribution in [0.5, 0.6) is 0 Å². The molecule has 5 nitrogen and oxygen atoms in total. The van der Waals surface area contributed by atoms with E-state index in [1.54, 1.807) is 6.20 Å². The van der Waals surface area contributed by atoms with Gasteiger partial charge in [0, 0.05) is 23.6 Å². The molecule has 0 aliphatic heterocycles. The molecule has 1 N–H and O–H groups in total. The molecule has 0 fully saturated rings. The minimum Gasteiger partial charge on any atom is -0.339 e. The van der Waals surface area contributed by atoms with Gasteiger partial charge in [0.1, 0.15) is 5.69 Å². The van der Waals surface area contributed by atoms with Gasteiger partial charge >= 0.3 is 0 Å². The number of pyridine rings is 1. The largest absolute Gasteiger partial charge is 0.339 e. The Balaban J connectivity index is 2.22. The third kappa shape index (κ3) is 2.45. The molecular weight excluding hydrogens is 272 g/mol. The van der Waals surface area contributed by atoms with Crippen LogP contribution in [-0.2, 0) is 6.42 Å². The summed E-state index contributed by atoms with van der Waals surface area (Å²) in [6.07, 6.45) is 2.41. The summed E-state index contributed by atoms with van der Waals surface area (Å²) in [6, 6.07) is 3.74. The molecule has 2 heterocycles. The molecule has 6 heteroatoms. The van der Waals surface area contributed by atoms with E-state index in [1.165, 1.54) is 0 Å². The van der Waals surface area contributed by atoms with E-state index in [9.17, 15) is 0 Å². The van der Waals surface area contributed by atoms with Gasteiger partial charge in [-0.2, -0.15) is 4.98 Å². The Morgan fingerprint density at radius 3 is 3.12 bits per heavy atom. The van der Waals surface area contributed by atoms with E-state index in [0.717, 1.165) is 11.0 Å². The van der Waals surface area contributed by atoms with Crippen LogP contribution in [0.4, 0.5) is 0 Å². The van der Waals surface area contributed by atoms with Gasteiger partial charge < -0.3 is 9.84 Å². The predicted molar refractivity (Wildman–Crippen MR) is 62.9 cm³/mol. The average molecular weight is 283 g/mol. The number of hydrogen-bond acceptors (Lipinski definition) is 5. The molecule has 0 spiro atoms. The van der Waals surface area contributed by atoms with E-state index in [1.807, 2.05) is 19.2 Å². The maximum absolute atomic E-state index is 5.11. The van der Waals surface area contributed by atoms with Crippen molar-refractivity contribution in [2.24, 2.45) is 0 Å². The third-order valence-corrected chi connectivity index (χ3v) is 2.67. The first-order valence-corrected chi connectivity index (χ1v) is 5.68. The maximum atomic E-state index is 5.11. The van der Waals surface area contributed by atoms with Gasteiger partial charge in [-0.15, -0.1) is 0 Å². The summed E-state index contributed by atoms with van der Waals surface area (Å²) in [5, 5.41) is 6.92. The summed E-state index contributed by atoms with van der Waals surface area (Å²) >= 11 is 3.40. The molecule has 0 aliphatic rings. The van der Waals surface area contributed by atoms with Crippen LogP contribution < -0.4 is 5.32 Å². The monoisotopic (exact) mass is 282 g/mol. The van der Waals surface area contributed by atoms with E-state index >= 15 is 0 Å². The van der Waals surface area contributed by atoms with Crippen molar-refractivity contribution in [2.75, 3.05) is 13.6 Å². The lowest BCUT2D eigenvalue weighted by Gasteiger charge is -1.95. The van der Waals surface area contributed by atoms with Gasteiger partial charge in [-0.05, 0) is 35.1 Å². The van der Waals surface area contributed by atoms with Gasteiger partial charge in [-0.25, -0.2) is 0 Å². The number of hydrogen-bond donors (Lipinski definition) is 1. The second-order valence-corrected chi connectivity index (χ2v) is 4.05. The summed E-state index contributed by atoms with van der Waals surface area (Å²) in [5.41, 5.74) is 0.696. The summed E-state index contributed by atoms with van der Waals surface area (Å²) in [6.45, 7) is 0.811. The number of halogens is 1. The molecule has 2 aromatic rings. The van der Waals surface area contributed by atoms with Crippen LogP contribution in [0, 0.1) is 0 Å². The summed E-state index contributed by atoms with van der Waals surface area (Å²) < 4.78 is 5.97. The number of rotatable bonds is 4. The number of aromatic nitrogens is 3. The van der Waals surface area contributed by atoms with Crippen molar-refractivity contribution in [3.05, 3.63) is 28.7 Å². The SMILES string of the molecule is CNCCc1nc(-c2ncccc2Br)no1. The zero-order chi connectivity index (χ0) is 11.4. The minimum atomic E-state index is 0.513. The lowest BCUT2D eigenvalue weighted by atomic mass is 10.3. The zero-order valence-corrected chi connectivity index (χ0v) is 10.4. The Hall–Kier alpha value is -1.27. The van der Waals surface area contributed by atoms with Gasteiger partial charge in [0.05, 0.1) is 0 Å². The second-order valence-electron chi connectivity index (χ2n) is 3.20. The molecule has 0 bridgehead atoms. The van der Waals surface area contributed by atoms with E-state index in [0.29, 0.717) is 23.8 Å². The molecule has 0 aromatic carbocycles. The van der Waals surface area contributed by atoms with E-state index in [2.05, 4.69) is 36.4 Å². The summed E-state index contributed by atoms with van der Waals surface area (Å²) in [4.78, 5) is 8.46. The first-order chi connectivity index (χ1) is 7.81. The Bertz CT molecular complexity index is 471. The quantitative estimate of drug-likeness (QED) is 0.924. The Morgan fingerprint density at radius 1 is 1.50 bits per heavy atom. The molecule has 0 saturated heterocycles. The second kappa shape index (κ2) is 5.18. The Labute approximate surface area is 101 Å². The lowest BCUT2D eigenvalue weighted by molar-refractivity contribution is 0.377. The van der Waals surface area contributed by atoms with Gasteiger partial charge in [-0.1, -0.05) is 5.16 Å². The molecule has 2 aromatic heterocycles. The summed E-state index contributed by atoms with van der Waals surface area (Å²) in [5.74, 6) is 1.13. The molecule has 0 saturated carbocycles. The molecule has 16 heavy (non-hydrogen) atoms. The van der Waals surface area contributed by atoms with Gasteiger partial charge in [0.2, 0.25) is 11.7 Å². The first kappa shape index (κ1) is 11.2. The van der Waals surface area contributed by atoms with Crippen LogP contribution in [0.15, 0.2) is 27.3 Å². The van der Waals surface area contributed by atoms with E-state index in [4.69, 9.17) is 4.52 Å². The smallest absolute Gasteiger partial charge is 0.228 e. The molecule has 0 amide bonds. The Morgan fingerprint density at radius 2 is 2.38 bits per heavy atom. The van der Waals surface area contributed by atoms with Crippen molar-refractivity contribution in [1.29, 1.82) is 0 Å². The van der Waals surface area contributed by atoms with Crippen molar-refractivity contribution in [2.45, 2.75) is 6.42 Å². The topological polar surface area (TPSA) is 63.8 Å². The van der Waals surface area contributed by atoms with Crippen molar-refractivity contribution >= 4 is 15.9 Å². The number of likely N-dealkylation sites (N-methyl/N-ethyl adjacent to an activating group) is 1. The molecule has 0 atom stereocenters. The molecule has 0 unspecified atom stereocenters. The maximum Gasteiger partial charge on any atom is 0.228 e. The fourth-order valence-corrected chi connectivity index (χ4v) is 1.67. The highest BCUT2D eigenvalue weighted by Crippen LogP contribution is 2.22. The van der Waals surface area contributed by atoms with Crippen LogP contribution in [0.3, 0.4) is 0 Å². The molecular formula is C10H11BrN4O. The molecule has 0 aliphatic carbocycles. The molecule has 84 valence electrons.